The minimum Gasteiger partial charge on any atom is -0.478 e. The van der Waals surface area contributed by atoms with Crippen molar-refractivity contribution in [3.05, 3.63) is 23.9 Å². The second-order valence-electron chi connectivity index (χ2n) is 8.03. The molecule has 1 aliphatic heterocycles. The maximum absolute atomic E-state index is 12.7. The van der Waals surface area contributed by atoms with E-state index in [4.69, 9.17) is 4.74 Å². The van der Waals surface area contributed by atoms with Crippen molar-refractivity contribution in [2.24, 2.45) is 10.9 Å². The average Bonchev–Trinajstić information content (AvgIpc) is 3.24. The van der Waals surface area contributed by atoms with Crippen LogP contribution in [0.25, 0.3) is 0 Å². The fraction of sp³-hybridized carbons (Fsp3) is 0.682. The standard InChI is InChI=1S/C22H35N5O2.HI/c1-3-13-29-20-10-9-17(14-24-20)15-25-22(23-2)26-19-11-12-27(16-19)21(28)18-7-5-4-6-8-18;/h9-10,14,18-19H,3-8,11-13,15-16H2,1-2H3,(H2,23,25,26);1H. The van der Waals surface area contributed by atoms with Crippen molar-refractivity contribution in [3.8, 4) is 5.88 Å². The molecule has 168 valence electrons. The third kappa shape index (κ3) is 7.28. The summed E-state index contributed by atoms with van der Waals surface area (Å²) in [6.45, 7) is 5.00. The lowest BCUT2D eigenvalue weighted by Gasteiger charge is -2.26. The van der Waals surface area contributed by atoms with E-state index in [2.05, 4.69) is 27.5 Å². The van der Waals surface area contributed by atoms with Crippen molar-refractivity contribution < 1.29 is 9.53 Å². The van der Waals surface area contributed by atoms with Gasteiger partial charge in [0.1, 0.15) is 0 Å². The largest absolute Gasteiger partial charge is 0.478 e. The Morgan fingerprint density at radius 1 is 1.27 bits per heavy atom. The van der Waals surface area contributed by atoms with E-state index in [9.17, 15) is 4.79 Å². The summed E-state index contributed by atoms with van der Waals surface area (Å²) in [5.74, 6) is 2.02. The summed E-state index contributed by atoms with van der Waals surface area (Å²) in [5.41, 5.74) is 1.07. The molecule has 2 N–H and O–H groups in total. The Morgan fingerprint density at radius 2 is 2.07 bits per heavy atom. The number of likely N-dealkylation sites (tertiary alicyclic amines) is 1. The first-order chi connectivity index (χ1) is 14.2. The van der Waals surface area contributed by atoms with Crippen LogP contribution in [0.1, 0.15) is 57.4 Å². The summed E-state index contributed by atoms with van der Waals surface area (Å²) in [6.07, 6.45) is 9.55. The van der Waals surface area contributed by atoms with Gasteiger partial charge in [0.25, 0.3) is 0 Å². The number of ether oxygens (including phenoxy) is 1. The van der Waals surface area contributed by atoms with Gasteiger partial charge >= 0.3 is 0 Å². The number of nitrogens with one attached hydrogen (secondary N) is 2. The zero-order valence-corrected chi connectivity index (χ0v) is 20.6. The van der Waals surface area contributed by atoms with Crippen molar-refractivity contribution in [2.45, 2.75) is 64.5 Å². The molecule has 1 amide bonds. The lowest BCUT2D eigenvalue weighted by molar-refractivity contribution is -0.135. The maximum atomic E-state index is 12.7. The Labute approximate surface area is 197 Å². The quantitative estimate of drug-likeness (QED) is 0.322. The van der Waals surface area contributed by atoms with Gasteiger partial charge < -0.3 is 20.3 Å². The minimum absolute atomic E-state index is 0. The van der Waals surface area contributed by atoms with E-state index in [0.29, 0.717) is 24.9 Å². The van der Waals surface area contributed by atoms with Crippen LogP contribution in [0, 0.1) is 5.92 Å². The number of pyridine rings is 1. The van der Waals surface area contributed by atoms with Crippen LogP contribution in [0.5, 0.6) is 5.88 Å². The van der Waals surface area contributed by atoms with Gasteiger partial charge in [-0.15, -0.1) is 24.0 Å². The van der Waals surface area contributed by atoms with Crippen molar-refractivity contribution >= 4 is 35.8 Å². The molecule has 2 fully saturated rings. The molecule has 1 aliphatic carbocycles. The molecule has 1 saturated heterocycles. The van der Waals surface area contributed by atoms with E-state index in [1.807, 2.05) is 23.2 Å². The van der Waals surface area contributed by atoms with Crippen molar-refractivity contribution in [3.63, 3.8) is 0 Å². The van der Waals surface area contributed by atoms with Gasteiger partial charge in [0.2, 0.25) is 11.8 Å². The minimum atomic E-state index is 0. The molecule has 2 aliphatic rings. The van der Waals surface area contributed by atoms with Gasteiger partial charge in [-0.3, -0.25) is 9.79 Å². The summed E-state index contributed by atoms with van der Waals surface area (Å²) >= 11 is 0. The number of hydrogen-bond acceptors (Lipinski definition) is 4. The first-order valence-electron chi connectivity index (χ1n) is 11.0. The van der Waals surface area contributed by atoms with Crippen LogP contribution < -0.4 is 15.4 Å². The Bertz CT molecular complexity index is 677. The van der Waals surface area contributed by atoms with E-state index >= 15 is 0 Å². The lowest BCUT2D eigenvalue weighted by atomic mass is 9.88. The Balaban J connectivity index is 0.00000320. The van der Waals surface area contributed by atoms with Gasteiger partial charge in [-0.05, 0) is 31.2 Å². The van der Waals surface area contributed by atoms with E-state index < -0.39 is 0 Å². The SMILES string of the molecule is CCCOc1ccc(CNC(=NC)NC2CCN(C(=O)C3CCCCC3)C2)cn1.I. The summed E-state index contributed by atoms with van der Waals surface area (Å²) in [7, 11) is 1.77. The normalized spacial score (nSPS) is 19.9. The molecule has 2 heterocycles. The average molecular weight is 529 g/mol. The van der Waals surface area contributed by atoms with Gasteiger partial charge in [0.15, 0.2) is 5.96 Å². The van der Waals surface area contributed by atoms with Crippen LogP contribution in [-0.4, -0.2) is 54.5 Å². The van der Waals surface area contributed by atoms with Crippen molar-refractivity contribution in [1.29, 1.82) is 0 Å². The highest BCUT2D eigenvalue weighted by Gasteiger charge is 2.31. The molecule has 1 aromatic heterocycles. The molecular weight excluding hydrogens is 493 g/mol. The fourth-order valence-corrected chi connectivity index (χ4v) is 4.07. The molecule has 8 heteroatoms. The number of amides is 1. The number of rotatable bonds is 7. The summed E-state index contributed by atoms with van der Waals surface area (Å²) in [5, 5.41) is 6.80. The number of carbonyl (C=O) groups excluding carboxylic acids is 1. The van der Waals surface area contributed by atoms with Crippen molar-refractivity contribution in [1.82, 2.24) is 20.5 Å². The van der Waals surface area contributed by atoms with Crippen LogP contribution in [0.3, 0.4) is 0 Å². The zero-order chi connectivity index (χ0) is 20.5. The highest BCUT2D eigenvalue weighted by Crippen LogP contribution is 2.26. The molecule has 30 heavy (non-hydrogen) atoms. The second kappa shape index (κ2) is 13.0. The molecule has 1 aromatic rings. The number of aliphatic imine (C=N–C) groups is 1. The highest BCUT2D eigenvalue weighted by molar-refractivity contribution is 14.0. The van der Waals surface area contributed by atoms with Gasteiger partial charge in [0.05, 0.1) is 6.61 Å². The zero-order valence-electron chi connectivity index (χ0n) is 18.2. The molecule has 0 bridgehead atoms. The van der Waals surface area contributed by atoms with Crippen LogP contribution in [0.15, 0.2) is 23.3 Å². The predicted octanol–water partition coefficient (Wildman–Crippen LogP) is 3.33. The van der Waals surface area contributed by atoms with Crippen LogP contribution >= 0.6 is 24.0 Å². The molecule has 3 rings (SSSR count). The predicted molar refractivity (Wildman–Crippen MR) is 130 cm³/mol. The molecule has 1 unspecified atom stereocenters. The number of hydrogen-bond donors (Lipinski definition) is 2. The smallest absolute Gasteiger partial charge is 0.225 e. The lowest BCUT2D eigenvalue weighted by Crippen LogP contribution is -2.45. The first kappa shape index (κ1) is 24.7. The third-order valence-electron chi connectivity index (χ3n) is 5.73. The van der Waals surface area contributed by atoms with Gasteiger partial charge in [-0.25, -0.2) is 4.98 Å². The molecule has 1 atom stereocenters. The molecular formula is C22H36IN5O2. The number of guanidine groups is 1. The van der Waals surface area contributed by atoms with Crippen LogP contribution in [0.4, 0.5) is 0 Å². The Kier molecular flexibility index (Phi) is 10.7. The maximum Gasteiger partial charge on any atom is 0.225 e. The van der Waals surface area contributed by atoms with Crippen molar-refractivity contribution in [2.75, 3.05) is 26.7 Å². The van der Waals surface area contributed by atoms with Crippen LogP contribution in [-0.2, 0) is 11.3 Å². The summed E-state index contributed by atoms with van der Waals surface area (Å²) < 4.78 is 5.52. The Hall–Kier alpha value is -1.58. The Morgan fingerprint density at radius 3 is 2.73 bits per heavy atom. The molecule has 0 aromatic carbocycles. The highest BCUT2D eigenvalue weighted by atomic mass is 127. The van der Waals surface area contributed by atoms with E-state index in [1.54, 1.807) is 7.05 Å². The van der Waals surface area contributed by atoms with E-state index in [0.717, 1.165) is 50.3 Å². The van der Waals surface area contributed by atoms with Crippen LogP contribution in [0.2, 0.25) is 0 Å². The second-order valence-corrected chi connectivity index (χ2v) is 8.03. The first-order valence-corrected chi connectivity index (χ1v) is 11.0. The topological polar surface area (TPSA) is 78.9 Å². The molecule has 0 radical (unpaired) electrons. The monoisotopic (exact) mass is 529 g/mol. The fourth-order valence-electron chi connectivity index (χ4n) is 4.07. The third-order valence-corrected chi connectivity index (χ3v) is 5.73. The van der Waals surface area contributed by atoms with Gasteiger partial charge in [-0.2, -0.15) is 0 Å². The number of aromatic nitrogens is 1. The summed E-state index contributed by atoms with van der Waals surface area (Å²) in [4.78, 5) is 23.4. The van der Waals surface area contributed by atoms with E-state index in [1.165, 1.54) is 19.3 Å². The number of nitrogens with zero attached hydrogens (tertiary/aromatic N) is 3. The molecule has 7 nitrogen and oxygen atoms in total. The summed E-state index contributed by atoms with van der Waals surface area (Å²) in [6, 6.07) is 4.16. The van der Waals surface area contributed by atoms with E-state index in [-0.39, 0.29) is 35.9 Å². The molecule has 1 saturated carbocycles. The number of carbonyl (C=O) groups is 1. The number of halogens is 1. The van der Waals surface area contributed by atoms with Gasteiger partial charge in [-0.1, -0.05) is 32.3 Å². The van der Waals surface area contributed by atoms with Gasteiger partial charge in [0, 0.05) is 50.9 Å². The molecule has 0 spiro atoms.